The van der Waals surface area contributed by atoms with Gasteiger partial charge in [-0.2, -0.15) is 13.2 Å². The molecule has 0 bridgehead atoms. The third kappa shape index (κ3) is 7.93. The van der Waals surface area contributed by atoms with E-state index in [0.29, 0.717) is 23.6 Å². The Morgan fingerprint density at radius 2 is 1.85 bits per heavy atom. The van der Waals surface area contributed by atoms with Crippen molar-refractivity contribution in [3.8, 4) is 11.3 Å². The van der Waals surface area contributed by atoms with E-state index in [0.717, 1.165) is 55.8 Å². The van der Waals surface area contributed by atoms with Crippen molar-refractivity contribution in [3.05, 3.63) is 78.0 Å². The predicted octanol–water partition coefficient (Wildman–Crippen LogP) is 5.38. The Morgan fingerprint density at radius 3 is 2.49 bits per heavy atom. The van der Waals surface area contributed by atoms with Crippen molar-refractivity contribution in [2.75, 3.05) is 57.6 Å². The number of benzene rings is 2. The minimum absolute atomic E-state index is 0.0937. The van der Waals surface area contributed by atoms with Crippen LogP contribution in [0.25, 0.3) is 11.3 Å². The molecule has 208 valence electrons. The van der Waals surface area contributed by atoms with E-state index >= 15 is 0 Å². The number of hydrogen-bond donors (Lipinski definition) is 3. The first-order valence-electron chi connectivity index (χ1n) is 12.4. The maximum Gasteiger partial charge on any atom is 0.418 e. The summed E-state index contributed by atoms with van der Waals surface area (Å²) in [5.41, 5.74) is 1.91. The minimum Gasteiger partial charge on any atom is -0.379 e. The molecule has 1 atom stereocenters. The van der Waals surface area contributed by atoms with Gasteiger partial charge >= 0.3 is 6.18 Å². The van der Waals surface area contributed by atoms with Gasteiger partial charge in [0.05, 0.1) is 36.7 Å². The normalized spacial score (nSPS) is 17.4. The Morgan fingerprint density at radius 1 is 1.10 bits per heavy atom. The van der Waals surface area contributed by atoms with E-state index in [4.69, 9.17) is 14.3 Å². The summed E-state index contributed by atoms with van der Waals surface area (Å²) >= 11 is 0.799. The van der Waals surface area contributed by atoms with E-state index in [1.54, 1.807) is 18.2 Å². The zero-order valence-electron chi connectivity index (χ0n) is 21.7. The molecule has 39 heavy (non-hydrogen) atoms. The smallest absolute Gasteiger partial charge is 0.379 e. The summed E-state index contributed by atoms with van der Waals surface area (Å²) in [6.45, 7) is 3.78. The second-order valence-corrected chi connectivity index (χ2v) is 9.85. The van der Waals surface area contributed by atoms with Crippen LogP contribution >= 0.6 is 12.2 Å². The molecule has 0 amide bonds. The van der Waals surface area contributed by atoms with E-state index in [1.165, 1.54) is 12.3 Å². The average Bonchev–Trinajstić information content (AvgIpc) is 2.93. The summed E-state index contributed by atoms with van der Waals surface area (Å²) in [4.78, 5) is 10.8. The number of anilines is 2. The molecule has 2 aliphatic rings. The molecular formula is C27H31F3N6O2S. The van der Waals surface area contributed by atoms with Crippen molar-refractivity contribution in [2.45, 2.75) is 12.3 Å². The number of pyridine rings is 1. The number of fused-ring (bicyclic) bond motifs is 1. The monoisotopic (exact) mass is 560 g/mol. The predicted molar refractivity (Wildman–Crippen MR) is 150 cm³/mol. The molecule has 1 fully saturated rings. The molecule has 8 nitrogen and oxygen atoms in total. The van der Waals surface area contributed by atoms with Crippen molar-refractivity contribution >= 4 is 29.4 Å². The van der Waals surface area contributed by atoms with Crippen molar-refractivity contribution in [1.29, 1.82) is 0 Å². The highest BCUT2D eigenvalue weighted by molar-refractivity contribution is 7.91. The Labute approximate surface area is 230 Å². The van der Waals surface area contributed by atoms with Crippen LogP contribution in [0.15, 0.2) is 71.9 Å². The van der Waals surface area contributed by atoms with Gasteiger partial charge in [0.25, 0.3) is 0 Å². The molecule has 0 spiro atoms. The van der Waals surface area contributed by atoms with Crippen LogP contribution in [0.2, 0.25) is 0 Å². The molecule has 0 aliphatic carbocycles. The fourth-order valence-corrected chi connectivity index (χ4v) is 4.45. The van der Waals surface area contributed by atoms with Crippen LogP contribution in [0.3, 0.4) is 0 Å². The fraction of sp³-hybridized carbons (Fsp3) is 0.333. The molecular weight excluding hydrogens is 529 g/mol. The first kappa shape index (κ1) is 28.8. The Balaban J connectivity index is 0.000000379. The number of rotatable bonds is 5. The molecule has 2 aliphatic heterocycles. The maximum atomic E-state index is 13.5. The summed E-state index contributed by atoms with van der Waals surface area (Å²) in [6.07, 6.45) is -3.37. The van der Waals surface area contributed by atoms with Crippen molar-refractivity contribution in [1.82, 2.24) is 14.2 Å². The number of aliphatic imine (C=N–C) groups is 1. The number of para-hydroxylation sites is 1. The third-order valence-corrected chi connectivity index (χ3v) is 6.52. The molecule has 5 rings (SSSR count). The van der Waals surface area contributed by atoms with Crippen LogP contribution in [0.1, 0.15) is 11.1 Å². The Hall–Kier alpha value is -3.16. The lowest BCUT2D eigenvalue weighted by Crippen LogP contribution is -2.36. The number of nitrogens with one attached hydrogen (secondary N) is 2. The van der Waals surface area contributed by atoms with Crippen LogP contribution in [-0.4, -0.2) is 77.7 Å². The number of morpholine rings is 1. The fourth-order valence-electron chi connectivity index (χ4n) is 4.14. The van der Waals surface area contributed by atoms with E-state index in [-0.39, 0.29) is 11.9 Å². The number of halogens is 3. The molecule has 1 unspecified atom stereocenters. The highest BCUT2D eigenvalue weighted by Crippen LogP contribution is 2.37. The van der Waals surface area contributed by atoms with E-state index in [9.17, 15) is 13.2 Å². The zero-order valence-corrected chi connectivity index (χ0v) is 22.5. The second-order valence-electron chi connectivity index (χ2n) is 9.17. The molecule has 3 aromatic rings. The summed E-state index contributed by atoms with van der Waals surface area (Å²) < 4.78 is 55.9. The first-order chi connectivity index (χ1) is 18.7. The molecule has 3 heterocycles. The molecule has 0 saturated carbocycles. The number of hydrogen-bond acceptors (Lipinski definition) is 9. The lowest BCUT2D eigenvalue weighted by atomic mass is 10.0. The highest BCUT2D eigenvalue weighted by atomic mass is 32.2. The van der Waals surface area contributed by atoms with E-state index in [2.05, 4.69) is 15.6 Å². The second kappa shape index (κ2) is 13.3. The van der Waals surface area contributed by atoms with Gasteiger partial charge in [0, 0.05) is 48.3 Å². The molecule has 0 radical (unpaired) electrons. The molecule has 12 heteroatoms. The zero-order chi connectivity index (χ0) is 27.8. The number of ether oxygens (including phenoxy) is 1. The maximum absolute atomic E-state index is 13.5. The van der Waals surface area contributed by atoms with Crippen molar-refractivity contribution in [2.24, 2.45) is 4.99 Å². The summed E-state index contributed by atoms with van der Waals surface area (Å²) in [5, 5.41) is 6.67. The molecule has 1 aromatic heterocycles. The van der Waals surface area contributed by atoms with Crippen molar-refractivity contribution < 1.29 is 22.5 Å². The van der Waals surface area contributed by atoms with Gasteiger partial charge in [-0.15, -0.1) is 0 Å². The Bertz CT molecular complexity index is 1250. The standard InChI is InChI=1S/C23H22F3N5.C4H9NO2S/c1-31(2)14-20-29-19-13-15(21-18(23(24,25)26)9-6-12-27-21)10-11-17(19)22(30-20)28-16-7-4-3-5-8-16;6-8-5-1-3-7-4-2-5/h3-13,20,29H,14H2,1-2H3,(H,28,30);6H,1-4H2. The number of nitrogens with zero attached hydrogens (tertiary/aromatic N) is 4. The minimum atomic E-state index is -4.48. The number of aromatic nitrogens is 1. The number of alkyl halides is 3. The largest absolute Gasteiger partial charge is 0.418 e. The van der Waals surface area contributed by atoms with Crippen LogP contribution in [0, 0.1) is 0 Å². The van der Waals surface area contributed by atoms with Gasteiger partial charge in [-0.3, -0.25) is 4.98 Å². The number of likely N-dealkylation sites (N-methyl/N-ethyl adjacent to an activating group) is 1. The average molecular weight is 561 g/mol. The van der Waals surface area contributed by atoms with Gasteiger partial charge in [-0.05, 0) is 50.5 Å². The lowest BCUT2D eigenvalue weighted by Gasteiger charge is -2.28. The van der Waals surface area contributed by atoms with Gasteiger partial charge in [0.1, 0.15) is 12.0 Å². The summed E-state index contributed by atoms with van der Waals surface area (Å²) in [7, 11) is 3.88. The van der Waals surface area contributed by atoms with Gasteiger partial charge in [0.2, 0.25) is 0 Å². The molecule has 3 N–H and O–H groups in total. The Kier molecular flexibility index (Phi) is 9.81. The summed E-state index contributed by atoms with van der Waals surface area (Å²) in [5.74, 6) is 0.662. The molecule has 1 saturated heterocycles. The van der Waals surface area contributed by atoms with E-state index in [1.807, 2.05) is 53.6 Å². The van der Waals surface area contributed by atoms with Crippen LogP contribution < -0.4 is 10.6 Å². The first-order valence-corrected chi connectivity index (χ1v) is 13.1. The highest BCUT2D eigenvalue weighted by Gasteiger charge is 2.34. The van der Waals surface area contributed by atoms with Gasteiger partial charge < -0.3 is 24.8 Å². The van der Waals surface area contributed by atoms with E-state index < -0.39 is 11.7 Å². The number of amidine groups is 1. The van der Waals surface area contributed by atoms with Gasteiger partial charge in [0.15, 0.2) is 0 Å². The summed E-state index contributed by atoms with van der Waals surface area (Å²) in [6, 6.07) is 17.1. The lowest BCUT2D eigenvalue weighted by molar-refractivity contribution is -0.137. The third-order valence-electron chi connectivity index (χ3n) is 5.93. The quantitative estimate of drug-likeness (QED) is 0.284. The molecule has 2 aromatic carbocycles. The van der Waals surface area contributed by atoms with Crippen LogP contribution in [0.5, 0.6) is 0 Å². The van der Waals surface area contributed by atoms with Crippen LogP contribution in [0.4, 0.5) is 24.5 Å². The SMILES string of the molecule is CN(C)CC1N=C(Nc2ccccc2)c2ccc(-c3ncccc3C(F)(F)F)cc2N1.OSN1CCOCC1. The van der Waals surface area contributed by atoms with Gasteiger partial charge in [-0.25, -0.2) is 9.30 Å². The van der Waals surface area contributed by atoms with Gasteiger partial charge in [-0.1, -0.05) is 24.3 Å². The van der Waals surface area contributed by atoms with Crippen LogP contribution in [-0.2, 0) is 10.9 Å². The topological polar surface area (TPSA) is 85.2 Å². The van der Waals surface area contributed by atoms with Crippen molar-refractivity contribution in [3.63, 3.8) is 0 Å².